The molecule has 1 unspecified atom stereocenters. The van der Waals surface area contributed by atoms with Crippen molar-refractivity contribution in [3.63, 3.8) is 0 Å². The Balaban J connectivity index is 1.74. The average molecular weight is 385 g/mol. The lowest BCUT2D eigenvalue weighted by molar-refractivity contribution is -0.137. The highest BCUT2D eigenvalue weighted by Crippen LogP contribution is 2.48. The van der Waals surface area contributed by atoms with Crippen LogP contribution in [0.25, 0.3) is 0 Å². The first-order valence-corrected chi connectivity index (χ1v) is 9.39. The molecule has 4 rings (SSSR count). The highest BCUT2D eigenvalue weighted by Gasteiger charge is 2.47. The Kier molecular flexibility index (Phi) is 3.74. The van der Waals surface area contributed by atoms with Gasteiger partial charge in [0.2, 0.25) is 10.0 Å². The predicted molar refractivity (Wildman–Crippen MR) is 83.7 cm³/mol. The molecular formula is C16H14F3N3O3S. The Morgan fingerprint density at radius 3 is 2.38 bits per heavy atom. The lowest BCUT2D eigenvalue weighted by Crippen LogP contribution is -2.43. The molecule has 6 nitrogen and oxygen atoms in total. The van der Waals surface area contributed by atoms with Gasteiger partial charge in [0.25, 0.3) is 0 Å². The van der Waals surface area contributed by atoms with E-state index in [-0.39, 0.29) is 17.4 Å². The monoisotopic (exact) mass is 385 g/mol. The second-order valence-corrected chi connectivity index (χ2v) is 8.37. The summed E-state index contributed by atoms with van der Waals surface area (Å²) < 4.78 is 65.3. The number of ketones is 1. The maximum absolute atomic E-state index is 13.0. The number of sulfonamides is 1. The molecule has 1 aromatic heterocycles. The number of hydrogen-bond donors (Lipinski definition) is 1. The fourth-order valence-corrected chi connectivity index (χ4v) is 4.93. The first-order valence-electron chi connectivity index (χ1n) is 7.95. The molecule has 0 radical (unpaired) electrons. The van der Waals surface area contributed by atoms with Crippen LogP contribution in [0.4, 0.5) is 13.2 Å². The third kappa shape index (κ3) is 2.73. The van der Waals surface area contributed by atoms with Crippen molar-refractivity contribution in [3.05, 3.63) is 47.3 Å². The molecule has 0 spiro atoms. The van der Waals surface area contributed by atoms with E-state index < -0.39 is 33.6 Å². The third-order valence-electron chi connectivity index (χ3n) is 4.73. The summed E-state index contributed by atoms with van der Waals surface area (Å²) in [7, 11) is -4.13. The van der Waals surface area contributed by atoms with E-state index in [0.29, 0.717) is 11.3 Å². The van der Waals surface area contributed by atoms with E-state index in [1.54, 1.807) is 0 Å². The molecule has 0 saturated heterocycles. The first-order chi connectivity index (χ1) is 12.2. The van der Waals surface area contributed by atoms with E-state index in [1.165, 1.54) is 6.20 Å². The van der Waals surface area contributed by atoms with Crippen LogP contribution in [0.2, 0.25) is 0 Å². The van der Waals surface area contributed by atoms with E-state index >= 15 is 0 Å². The Morgan fingerprint density at radius 2 is 1.81 bits per heavy atom. The molecule has 0 bridgehead atoms. The lowest BCUT2D eigenvalue weighted by Gasteiger charge is -2.33. The number of benzene rings is 1. The van der Waals surface area contributed by atoms with Crippen LogP contribution in [0.1, 0.15) is 40.5 Å². The van der Waals surface area contributed by atoms with Gasteiger partial charge in [-0.3, -0.25) is 9.89 Å². The Morgan fingerprint density at radius 1 is 1.15 bits per heavy atom. The van der Waals surface area contributed by atoms with Gasteiger partial charge in [0.15, 0.2) is 5.78 Å². The third-order valence-corrected chi connectivity index (χ3v) is 6.57. The minimum atomic E-state index is -4.55. The molecule has 1 atom stereocenters. The van der Waals surface area contributed by atoms with Gasteiger partial charge in [-0.2, -0.15) is 22.6 Å². The smallest absolute Gasteiger partial charge is 0.291 e. The summed E-state index contributed by atoms with van der Waals surface area (Å²) in [6.07, 6.45) is -1.46. The van der Waals surface area contributed by atoms with E-state index in [4.69, 9.17) is 0 Å². The van der Waals surface area contributed by atoms with Gasteiger partial charge in [0.05, 0.1) is 29.2 Å². The summed E-state index contributed by atoms with van der Waals surface area (Å²) in [6, 6.07) is 2.78. The molecule has 1 fully saturated rings. The van der Waals surface area contributed by atoms with Gasteiger partial charge in [-0.05, 0) is 43.0 Å². The van der Waals surface area contributed by atoms with Crippen molar-refractivity contribution in [2.45, 2.75) is 30.0 Å². The van der Waals surface area contributed by atoms with Crippen LogP contribution in [0.15, 0.2) is 35.4 Å². The molecule has 10 heteroatoms. The lowest BCUT2D eigenvalue weighted by atomic mass is 9.97. The molecule has 2 heterocycles. The molecule has 1 saturated carbocycles. The number of hydrogen-bond acceptors (Lipinski definition) is 4. The summed E-state index contributed by atoms with van der Waals surface area (Å²) in [5.74, 6) is -0.339. The number of Topliss-reactive ketones (excluding diaryl/α,β-unsaturated/α-hetero) is 1. The van der Waals surface area contributed by atoms with Crippen molar-refractivity contribution in [3.8, 4) is 0 Å². The summed E-state index contributed by atoms with van der Waals surface area (Å²) in [4.78, 5) is 12.0. The fraction of sp³-hybridized carbons (Fsp3) is 0.375. The van der Waals surface area contributed by atoms with Crippen molar-refractivity contribution in [2.75, 3.05) is 6.54 Å². The standard InChI is InChI=1S/C16H14F3N3O3S/c17-16(18,19)10-3-5-11(6-4-10)26(24,25)22-8-13(23)14-12(7-20-21-14)15(22)9-1-2-9/h3-7,9,15H,1-2,8H2,(H,20,21). The van der Waals surface area contributed by atoms with Gasteiger partial charge in [0, 0.05) is 5.56 Å². The molecular weight excluding hydrogens is 371 g/mol. The van der Waals surface area contributed by atoms with Crippen LogP contribution >= 0.6 is 0 Å². The summed E-state index contributed by atoms with van der Waals surface area (Å²) in [5.41, 5.74) is -0.0953. The zero-order valence-electron chi connectivity index (χ0n) is 13.3. The largest absolute Gasteiger partial charge is 0.416 e. The van der Waals surface area contributed by atoms with Crippen molar-refractivity contribution in [2.24, 2.45) is 5.92 Å². The van der Waals surface area contributed by atoms with Crippen LogP contribution in [0, 0.1) is 5.92 Å². The van der Waals surface area contributed by atoms with Crippen LogP contribution < -0.4 is 0 Å². The Labute approximate surface area is 147 Å². The van der Waals surface area contributed by atoms with E-state index in [9.17, 15) is 26.4 Å². The Bertz CT molecular complexity index is 963. The number of rotatable bonds is 3. The number of aromatic amines is 1. The maximum atomic E-state index is 13.0. The predicted octanol–water partition coefficient (Wildman–Crippen LogP) is 2.77. The Hall–Kier alpha value is -2.20. The van der Waals surface area contributed by atoms with Crippen molar-refractivity contribution in [1.29, 1.82) is 0 Å². The summed E-state index contributed by atoms with van der Waals surface area (Å²) >= 11 is 0. The zero-order chi connectivity index (χ0) is 18.7. The van der Waals surface area contributed by atoms with Crippen molar-refractivity contribution < 1.29 is 26.4 Å². The molecule has 2 aliphatic rings. The second kappa shape index (κ2) is 5.65. The molecule has 26 heavy (non-hydrogen) atoms. The van der Waals surface area contributed by atoms with Crippen LogP contribution in [0.5, 0.6) is 0 Å². The first kappa shape index (κ1) is 17.2. The van der Waals surface area contributed by atoms with E-state index in [1.807, 2.05) is 0 Å². The average Bonchev–Trinajstić information content (AvgIpc) is 3.29. The molecule has 1 N–H and O–H groups in total. The van der Waals surface area contributed by atoms with Crippen LogP contribution in [0.3, 0.4) is 0 Å². The SMILES string of the molecule is O=C1CN(S(=O)(=O)c2ccc(C(F)(F)F)cc2)C(C2CC2)c2cn[nH]c21. The van der Waals surface area contributed by atoms with Gasteiger partial charge in [-0.15, -0.1) is 0 Å². The number of carbonyl (C=O) groups excluding carboxylic acids is 1. The fourth-order valence-electron chi connectivity index (χ4n) is 3.30. The van der Waals surface area contributed by atoms with Gasteiger partial charge in [-0.25, -0.2) is 8.42 Å². The topological polar surface area (TPSA) is 83.1 Å². The number of alkyl halides is 3. The number of H-pyrrole nitrogens is 1. The number of fused-ring (bicyclic) bond motifs is 1. The van der Waals surface area contributed by atoms with E-state index in [0.717, 1.165) is 41.4 Å². The van der Waals surface area contributed by atoms with Crippen LogP contribution in [-0.2, 0) is 16.2 Å². The molecule has 138 valence electrons. The number of nitrogens with one attached hydrogen (secondary N) is 1. The molecule has 2 aromatic rings. The summed E-state index contributed by atoms with van der Waals surface area (Å²) in [6.45, 7) is -0.361. The number of carbonyl (C=O) groups is 1. The summed E-state index contributed by atoms with van der Waals surface area (Å²) in [5, 5.41) is 6.46. The van der Waals surface area contributed by atoms with Crippen molar-refractivity contribution in [1.82, 2.24) is 14.5 Å². The molecule has 1 aromatic carbocycles. The number of aromatic nitrogens is 2. The van der Waals surface area contributed by atoms with Gasteiger partial charge >= 0.3 is 6.18 Å². The molecule has 1 aliphatic carbocycles. The van der Waals surface area contributed by atoms with Crippen LogP contribution in [-0.4, -0.2) is 35.2 Å². The zero-order valence-corrected chi connectivity index (χ0v) is 14.1. The maximum Gasteiger partial charge on any atom is 0.416 e. The molecule has 1 aliphatic heterocycles. The highest BCUT2D eigenvalue weighted by molar-refractivity contribution is 7.89. The number of nitrogens with zero attached hydrogens (tertiary/aromatic N) is 2. The van der Waals surface area contributed by atoms with Gasteiger partial charge in [0.1, 0.15) is 5.69 Å². The molecule has 0 amide bonds. The minimum absolute atomic E-state index is 0.0728. The van der Waals surface area contributed by atoms with Crippen molar-refractivity contribution >= 4 is 15.8 Å². The second-order valence-electron chi connectivity index (χ2n) is 6.48. The minimum Gasteiger partial charge on any atom is -0.291 e. The normalized spacial score (nSPS) is 21.7. The van der Waals surface area contributed by atoms with Gasteiger partial charge in [-0.1, -0.05) is 0 Å². The van der Waals surface area contributed by atoms with E-state index in [2.05, 4.69) is 10.2 Å². The highest BCUT2D eigenvalue weighted by atomic mass is 32.2. The van der Waals surface area contributed by atoms with Gasteiger partial charge < -0.3 is 0 Å². The quantitative estimate of drug-likeness (QED) is 0.881. The number of halogens is 3.